The summed E-state index contributed by atoms with van der Waals surface area (Å²) in [7, 11) is 0. The summed E-state index contributed by atoms with van der Waals surface area (Å²) in [4.78, 5) is 17.5. The number of hydrogen-bond acceptors (Lipinski definition) is 2. The molecule has 1 amide bonds. The average molecular weight is 304 g/mol. The van der Waals surface area contributed by atoms with Crippen LogP contribution >= 0.6 is 0 Å². The van der Waals surface area contributed by atoms with Crippen LogP contribution < -0.4 is 5.32 Å². The molecule has 0 spiro atoms. The van der Waals surface area contributed by atoms with Crippen LogP contribution in [-0.2, 0) is 0 Å². The Kier molecular flexibility index (Phi) is 4.11. The zero-order valence-electron chi connectivity index (χ0n) is 13.6. The molecule has 2 aromatic carbocycles. The predicted molar refractivity (Wildman–Crippen MR) is 93.5 cm³/mol. The first kappa shape index (κ1) is 15.2. The second-order valence-corrected chi connectivity index (χ2v) is 5.82. The van der Waals surface area contributed by atoms with E-state index in [0.29, 0.717) is 0 Å². The van der Waals surface area contributed by atoms with Crippen molar-refractivity contribution in [1.82, 2.24) is 10.3 Å². The molecule has 1 heterocycles. The lowest BCUT2D eigenvalue weighted by atomic mass is 10.00. The molecule has 23 heavy (non-hydrogen) atoms. The Bertz CT molecular complexity index is 856. The number of benzene rings is 2. The molecule has 116 valence electrons. The number of aryl methyl sites for hydroxylation is 1. The van der Waals surface area contributed by atoms with Crippen LogP contribution in [0.1, 0.15) is 40.1 Å². The summed E-state index contributed by atoms with van der Waals surface area (Å²) >= 11 is 0. The monoisotopic (exact) mass is 304 g/mol. The van der Waals surface area contributed by atoms with Crippen LogP contribution in [0.2, 0.25) is 0 Å². The molecule has 0 saturated carbocycles. The summed E-state index contributed by atoms with van der Waals surface area (Å²) in [6.07, 6.45) is 0. The minimum atomic E-state index is -0.0550. The van der Waals surface area contributed by atoms with Crippen molar-refractivity contribution in [3.8, 4) is 0 Å². The summed E-state index contributed by atoms with van der Waals surface area (Å²) in [5.41, 5.74) is 4.49. The quantitative estimate of drug-likeness (QED) is 0.782. The number of carbonyl (C=O) groups excluding carboxylic acids is 1. The summed E-state index contributed by atoms with van der Waals surface area (Å²) in [5, 5.41) is 4.00. The number of carbonyl (C=O) groups is 1. The Labute approximate surface area is 136 Å². The van der Waals surface area contributed by atoms with Crippen LogP contribution in [0.25, 0.3) is 10.9 Å². The van der Waals surface area contributed by atoms with Gasteiger partial charge in [0.05, 0.1) is 17.1 Å². The van der Waals surface area contributed by atoms with Gasteiger partial charge < -0.3 is 5.32 Å². The van der Waals surface area contributed by atoms with Gasteiger partial charge in [-0.1, -0.05) is 48.5 Å². The molecule has 3 rings (SSSR count). The second kappa shape index (κ2) is 6.21. The van der Waals surface area contributed by atoms with E-state index in [-0.39, 0.29) is 11.9 Å². The second-order valence-electron chi connectivity index (χ2n) is 5.82. The Balaban J connectivity index is 1.99. The van der Waals surface area contributed by atoms with Gasteiger partial charge in [0, 0.05) is 11.1 Å². The lowest BCUT2D eigenvalue weighted by molar-refractivity contribution is 0.0941. The first-order chi connectivity index (χ1) is 11.1. The van der Waals surface area contributed by atoms with Crippen molar-refractivity contribution in [2.75, 3.05) is 0 Å². The molecule has 0 unspecified atom stereocenters. The maximum absolute atomic E-state index is 12.9. The number of nitrogens with zero attached hydrogens (tertiary/aromatic N) is 1. The van der Waals surface area contributed by atoms with E-state index in [0.717, 1.165) is 33.3 Å². The highest BCUT2D eigenvalue weighted by atomic mass is 16.1. The molecule has 0 bridgehead atoms. The molecule has 0 fully saturated rings. The van der Waals surface area contributed by atoms with Crippen molar-refractivity contribution < 1.29 is 4.79 Å². The number of aromatic nitrogens is 1. The van der Waals surface area contributed by atoms with Gasteiger partial charge in [-0.15, -0.1) is 0 Å². The van der Waals surface area contributed by atoms with Crippen molar-refractivity contribution in [3.05, 3.63) is 77.0 Å². The molecule has 0 radical (unpaired) electrons. The third-order valence-corrected chi connectivity index (χ3v) is 4.25. The number of hydrogen-bond donors (Lipinski definition) is 1. The van der Waals surface area contributed by atoms with E-state index in [1.54, 1.807) is 0 Å². The third-order valence-electron chi connectivity index (χ3n) is 4.25. The van der Waals surface area contributed by atoms with Gasteiger partial charge in [0.15, 0.2) is 0 Å². The average Bonchev–Trinajstić information content (AvgIpc) is 2.56. The highest BCUT2D eigenvalue weighted by Gasteiger charge is 2.18. The molecule has 0 aliphatic carbocycles. The molecule has 1 atom stereocenters. The summed E-state index contributed by atoms with van der Waals surface area (Å²) in [5.74, 6) is -0.0550. The molecular formula is C20H20N2O. The maximum Gasteiger partial charge on any atom is 0.252 e. The fraction of sp³-hybridized carbons (Fsp3) is 0.200. The van der Waals surface area contributed by atoms with E-state index in [4.69, 9.17) is 0 Å². The van der Waals surface area contributed by atoms with Gasteiger partial charge >= 0.3 is 0 Å². The standard InChI is InChI=1S/C20H20N2O/c1-13-14(2)21-18-12-8-7-11-17(18)19(13)20(23)22-15(3)16-9-5-4-6-10-16/h4-12,15H,1-3H3,(H,22,23)/t15-/m0/s1. The van der Waals surface area contributed by atoms with E-state index in [2.05, 4.69) is 10.3 Å². The highest BCUT2D eigenvalue weighted by molar-refractivity contribution is 6.07. The van der Waals surface area contributed by atoms with Crippen molar-refractivity contribution in [1.29, 1.82) is 0 Å². The minimum Gasteiger partial charge on any atom is -0.345 e. The Hall–Kier alpha value is -2.68. The molecule has 0 saturated heterocycles. The molecule has 3 nitrogen and oxygen atoms in total. The summed E-state index contributed by atoms with van der Waals surface area (Å²) < 4.78 is 0. The van der Waals surface area contributed by atoms with Crippen molar-refractivity contribution in [2.24, 2.45) is 0 Å². The smallest absolute Gasteiger partial charge is 0.252 e. The van der Waals surface area contributed by atoms with E-state index >= 15 is 0 Å². The molecule has 3 heteroatoms. The maximum atomic E-state index is 12.9. The van der Waals surface area contributed by atoms with Crippen molar-refractivity contribution in [2.45, 2.75) is 26.8 Å². The number of para-hydroxylation sites is 1. The number of amides is 1. The van der Waals surface area contributed by atoms with Crippen LogP contribution in [-0.4, -0.2) is 10.9 Å². The van der Waals surface area contributed by atoms with Crippen molar-refractivity contribution in [3.63, 3.8) is 0 Å². The Morgan fingerprint density at radius 3 is 2.39 bits per heavy atom. The number of pyridine rings is 1. The van der Waals surface area contributed by atoms with E-state index in [1.807, 2.05) is 75.4 Å². The molecule has 1 N–H and O–H groups in total. The SMILES string of the molecule is Cc1nc2ccccc2c(C(=O)N[C@@H](C)c2ccccc2)c1C. The summed E-state index contributed by atoms with van der Waals surface area (Å²) in [6.45, 7) is 5.90. The van der Waals surface area contributed by atoms with Gasteiger partial charge in [-0.25, -0.2) is 0 Å². The van der Waals surface area contributed by atoms with Crippen molar-refractivity contribution >= 4 is 16.8 Å². The van der Waals surface area contributed by atoms with E-state index < -0.39 is 0 Å². The number of rotatable bonds is 3. The van der Waals surface area contributed by atoms with Crippen LogP contribution in [0.4, 0.5) is 0 Å². The normalized spacial score (nSPS) is 12.1. The zero-order chi connectivity index (χ0) is 16.4. The molecular weight excluding hydrogens is 284 g/mol. The van der Waals surface area contributed by atoms with E-state index in [9.17, 15) is 4.79 Å². The van der Waals surface area contributed by atoms with Crippen LogP contribution in [0.5, 0.6) is 0 Å². The van der Waals surface area contributed by atoms with Crippen LogP contribution in [0, 0.1) is 13.8 Å². The number of fused-ring (bicyclic) bond motifs is 1. The largest absolute Gasteiger partial charge is 0.345 e. The predicted octanol–water partition coefficient (Wildman–Crippen LogP) is 4.34. The Morgan fingerprint density at radius 1 is 1.00 bits per heavy atom. The van der Waals surface area contributed by atoms with Gasteiger partial charge in [-0.3, -0.25) is 9.78 Å². The molecule has 0 aliphatic rings. The first-order valence-corrected chi connectivity index (χ1v) is 7.79. The first-order valence-electron chi connectivity index (χ1n) is 7.79. The van der Waals surface area contributed by atoms with Gasteiger partial charge in [0.25, 0.3) is 5.91 Å². The van der Waals surface area contributed by atoms with Crippen LogP contribution in [0.3, 0.4) is 0 Å². The highest BCUT2D eigenvalue weighted by Crippen LogP contribution is 2.23. The topological polar surface area (TPSA) is 42.0 Å². The number of nitrogens with one attached hydrogen (secondary N) is 1. The summed E-state index contributed by atoms with van der Waals surface area (Å²) in [6, 6.07) is 17.7. The van der Waals surface area contributed by atoms with E-state index in [1.165, 1.54) is 0 Å². The molecule has 1 aromatic heterocycles. The van der Waals surface area contributed by atoms with Gasteiger partial charge in [-0.2, -0.15) is 0 Å². The van der Waals surface area contributed by atoms with Gasteiger partial charge in [-0.05, 0) is 38.0 Å². The lowest BCUT2D eigenvalue weighted by Crippen LogP contribution is -2.27. The fourth-order valence-electron chi connectivity index (χ4n) is 2.82. The fourth-order valence-corrected chi connectivity index (χ4v) is 2.82. The van der Waals surface area contributed by atoms with Gasteiger partial charge in [0.2, 0.25) is 0 Å². The third kappa shape index (κ3) is 2.95. The van der Waals surface area contributed by atoms with Gasteiger partial charge in [0.1, 0.15) is 0 Å². The Morgan fingerprint density at radius 2 is 1.65 bits per heavy atom. The minimum absolute atomic E-state index is 0.0460. The zero-order valence-corrected chi connectivity index (χ0v) is 13.6. The molecule has 0 aliphatic heterocycles. The molecule has 3 aromatic rings. The van der Waals surface area contributed by atoms with Crippen LogP contribution in [0.15, 0.2) is 54.6 Å². The lowest BCUT2D eigenvalue weighted by Gasteiger charge is -2.17.